The lowest BCUT2D eigenvalue weighted by atomic mass is 9.90. The van der Waals surface area contributed by atoms with Gasteiger partial charge in [-0.15, -0.1) is 0 Å². The molecule has 1 N–H and O–H groups in total. The molecule has 1 fully saturated rings. The minimum absolute atomic E-state index is 0.0336. The zero-order chi connectivity index (χ0) is 27.3. The first-order valence-corrected chi connectivity index (χ1v) is 18.7. The summed E-state index contributed by atoms with van der Waals surface area (Å²) in [6.45, 7) is 19.1. The summed E-state index contributed by atoms with van der Waals surface area (Å²) < 4.78 is 20.4. The normalized spacial score (nSPS) is 20.9. The van der Waals surface area contributed by atoms with Crippen molar-refractivity contribution in [1.82, 2.24) is 0 Å². The minimum Gasteiger partial charge on any atom is -0.413 e. The van der Waals surface area contributed by atoms with E-state index in [1.807, 2.05) is 0 Å². The van der Waals surface area contributed by atoms with Gasteiger partial charge in [-0.2, -0.15) is 0 Å². The quantitative estimate of drug-likeness (QED) is 0.235. The van der Waals surface area contributed by atoms with Gasteiger partial charge in [0.05, 0.1) is 18.8 Å². The number of hydrogen-bond donors (Lipinski definition) is 1. The summed E-state index contributed by atoms with van der Waals surface area (Å²) in [6.07, 6.45) is 0.0284. The third kappa shape index (κ3) is 6.48. The van der Waals surface area contributed by atoms with Gasteiger partial charge in [0.1, 0.15) is 6.10 Å². The van der Waals surface area contributed by atoms with Crippen LogP contribution in [-0.2, 0) is 13.6 Å². The summed E-state index contributed by atoms with van der Waals surface area (Å²) >= 11 is 0. The Labute approximate surface area is 228 Å². The molecule has 1 aliphatic heterocycles. The molecule has 37 heavy (non-hydrogen) atoms. The number of rotatable bonds is 14. The smallest absolute Gasteiger partial charge is 0.261 e. The van der Waals surface area contributed by atoms with E-state index in [2.05, 4.69) is 116 Å². The minimum atomic E-state index is -2.62. The Morgan fingerprint density at radius 1 is 0.865 bits per heavy atom. The highest BCUT2D eigenvalue weighted by atomic mass is 28.4. The van der Waals surface area contributed by atoms with Crippen molar-refractivity contribution < 1.29 is 18.7 Å². The predicted octanol–water partition coefficient (Wildman–Crippen LogP) is 5.99. The van der Waals surface area contributed by atoms with Crippen molar-refractivity contribution in [3.8, 4) is 0 Å². The molecule has 206 valence electrons. The van der Waals surface area contributed by atoms with Crippen LogP contribution in [0.4, 0.5) is 0 Å². The number of aliphatic hydroxyl groups is 1. The van der Waals surface area contributed by atoms with Gasteiger partial charge >= 0.3 is 0 Å². The lowest BCUT2D eigenvalue weighted by Crippen LogP contribution is -2.67. The van der Waals surface area contributed by atoms with E-state index in [0.717, 1.165) is 18.1 Å². The van der Waals surface area contributed by atoms with Gasteiger partial charge in [-0.25, -0.2) is 0 Å². The molecule has 1 aliphatic rings. The van der Waals surface area contributed by atoms with Gasteiger partial charge in [-0.3, -0.25) is 0 Å². The summed E-state index contributed by atoms with van der Waals surface area (Å²) in [5.74, 6) is 0.392. The first-order valence-electron chi connectivity index (χ1n) is 14.3. The molecule has 1 saturated heterocycles. The van der Waals surface area contributed by atoms with Crippen LogP contribution in [0, 0.1) is 11.8 Å². The molecular formula is C31H50O4Si2. The first-order chi connectivity index (χ1) is 17.6. The van der Waals surface area contributed by atoms with Crippen LogP contribution in [0.1, 0.15) is 55.4 Å². The number of benzene rings is 2. The number of aliphatic hydroxyl groups excluding tert-OH is 1. The third-order valence-corrected chi connectivity index (χ3v) is 18.3. The van der Waals surface area contributed by atoms with Crippen LogP contribution in [0.25, 0.3) is 0 Å². The van der Waals surface area contributed by atoms with Gasteiger partial charge in [-0.05, 0) is 33.5 Å². The molecule has 2 aromatic carbocycles. The maximum atomic E-state index is 9.69. The fourth-order valence-electron chi connectivity index (χ4n) is 6.10. The van der Waals surface area contributed by atoms with Crippen LogP contribution < -0.4 is 10.4 Å². The fraction of sp³-hybridized carbons (Fsp3) is 0.613. The van der Waals surface area contributed by atoms with E-state index in [9.17, 15) is 5.11 Å². The highest BCUT2D eigenvalue weighted by Gasteiger charge is 2.52. The Morgan fingerprint density at radius 3 is 1.73 bits per heavy atom. The molecule has 1 heterocycles. The summed E-state index contributed by atoms with van der Waals surface area (Å²) in [4.78, 5) is 0. The lowest BCUT2D eigenvalue weighted by molar-refractivity contribution is 0.0409. The zero-order valence-electron chi connectivity index (χ0n) is 24.4. The molecule has 5 atom stereocenters. The lowest BCUT2D eigenvalue weighted by Gasteiger charge is -2.45. The van der Waals surface area contributed by atoms with Crippen molar-refractivity contribution in [1.29, 1.82) is 0 Å². The molecule has 0 amide bonds. The van der Waals surface area contributed by atoms with Gasteiger partial charge in [0.25, 0.3) is 8.32 Å². The number of hydrogen-bond acceptors (Lipinski definition) is 4. The molecular weight excluding hydrogens is 493 g/mol. The molecule has 0 aromatic heterocycles. The van der Waals surface area contributed by atoms with Gasteiger partial charge in [0.15, 0.2) is 8.32 Å². The Hall–Kier alpha value is -1.29. The van der Waals surface area contributed by atoms with E-state index in [4.69, 9.17) is 13.6 Å². The second kappa shape index (κ2) is 12.7. The van der Waals surface area contributed by atoms with Crippen LogP contribution in [0.5, 0.6) is 0 Å². The van der Waals surface area contributed by atoms with E-state index in [1.165, 1.54) is 10.4 Å². The van der Waals surface area contributed by atoms with Crippen molar-refractivity contribution in [2.24, 2.45) is 11.8 Å². The monoisotopic (exact) mass is 542 g/mol. The predicted molar refractivity (Wildman–Crippen MR) is 160 cm³/mol. The SMILES string of the molecule is CC[Si](CC)(CC)O[C@H]([C@@H](C)[C@@H]1O[C@H]1CO)[C@@H](C)CO[Si](c1ccccc1)(c1ccccc1)C(C)(C)C. The van der Waals surface area contributed by atoms with E-state index in [0.29, 0.717) is 6.61 Å². The van der Waals surface area contributed by atoms with Crippen LogP contribution >= 0.6 is 0 Å². The van der Waals surface area contributed by atoms with Crippen molar-refractivity contribution in [3.63, 3.8) is 0 Å². The second-order valence-corrected chi connectivity index (χ2v) is 21.0. The topological polar surface area (TPSA) is 51.2 Å². The van der Waals surface area contributed by atoms with Crippen LogP contribution in [0.3, 0.4) is 0 Å². The van der Waals surface area contributed by atoms with Crippen molar-refractivity contribution >= 4 is 27.0 Å². The highest BCUT2D eigenvalue weighted by Crippen LogP contribution is 2.40. The average Bonchev–Trinajstić information content (AvgIpc) is 3.70. The molecule has 2 aromatic rings. The van der Waals surface area contributed by atoms with Crippen LogP contribution in [-0.4, -0.2) is 53.3 Å². The van der Waals surface area contributed by atoms with Crippen molar-refractivity contribution in [3.05, 3.63) is 60.7 Å². The van der Waals surface area contributed by atoms with Crippen LogP contribution in [0.2, 0.25) is 23.2 Å². The van der Waals surface area contributed by atoms with Crippen molar-refractivity contribution in [2.45, 2.75) is 96.9 Å². The average molecular weight is 543 g/mol. The maximum absolute atomic E-state index is 9.69. The van der Waals surface area contributed by atoms with Gasteiger partial charge in [0.2, 0.25) is 0 Å². The summed E-state index contributed by atoms with van der Waals surface area (Å²) in [5, 5.41) is 12.2. The number of ether oxygens (including phenoxy) is 1. The third-order valence-electron chi connectivity index (χ3n) is 8.70. The molecule has 0 unspecified atom stereocenters. The van der Waals surface area contributed by atoms with E-state index >= 15 is 0 Å². The van der Waals surface area contributed by atoms with E-state index in [1.54, 1.807) is 0 Å². The summed E-state index contributed by atoms with van der Waals surface area (Å²) in [5.41, 5.74) is 0. The Morgan fingerprint density at radius 2 is 1.35 bits per heavy atom. The van der Waals surface area contributed by atoms with Crippen molar-refractivity contribution in [2.75, 3.05) is 13.2 Å². The molecule has 6 heteroatoms. The van der Waals surface area contributed by atoms with E-state index in [-0.39, 0.29) is 41.8 Å². The standard InChI is InChI=1S/C31H50O4Si2/c1-9-36(10-2,11-3)35-29(25(5)30-28(22-32)34-30)24(4)23-33-37(31(6,7)8,26-18-14-12-15-19-26)27-20-16-13-17-21-27/h12-21,24-25,28-30,32H,9-11,22-23H2,1-8H3/t24-,25+,28-,29-,30-/m0/s1. The Balaban J connectivity index is 1.97. The fourth-order valence-corrected chi connectivity index (χ4v) is 13.8. The Bertz CT molecular complexity index is 895. The Kier molecular flexibility index (Phi) is 10.4. The zero-order valence-corrected chi connectivity index (χ0v) is 26.4. The highest BCUT2D eigenvalue weighted by molar-refractivity contribution is 6.99. The molecule has 0 radical (unpaired) electrons. The summed E-state index contributed by atoms with van der Waals surface area (Å²) in [6, 6.07) is 25.0. The molecule has 0 saturated carbocycles. The largest absolute Gasteiger partial charge is 0.413 e. The number of epoxide rings is 1. The van der Waals surface area contributed by atoms with Gasteiger partial charge in [0, 0.05) is 18.4 Å². The van der Waals surface area contributed by atoms with E-state index < -0.39 is 16.6 Å². The van der Waals surface area contributed by atoms with Gasteiger partial charge < -0.3 is 18.7 Å². The first kappa shape index (κ1) is 30.3. The molecule has 0 spiro atoms. The maximum Gasteiger partial charge on any atom is 0.261 e. The molecule has 4 nitrogen and oxygen atoms in total. The van der Waals surface area contributed by atoms with Gasteiger partial charge in [-0.1, -0.05) is 116 Å². The summed E-state index contributed by atoms with van der Waals surface area (Å²) in [7, 11) is -4.48. The molecule has 3 rings (SSSR count). The van der Waals surface area contributed by atoms with Crippen LogP contribution in [0.15, 0.2) is 60.7 Å². The molecule has 0 bridgehead atoms. The molecule has 0 aliphatic carbocycles. The second-order valence-electron chi connectivity index (χ2n) is 12.0.